The van der Waals surface area contributed by atoms with E-state index in [1.165, 1.54) is 13.3 Å². The standard InChI is InChI=1S/C13H11F3N2O3/c1-21-11-8(3-2-4-17-11)5-18-6-9(12(19)20)10(7-18)13(14,15)16/h2-4,6-7H,5H2,1H3,(H,19,20). The number of nitrogens with zero attached hydrogens (tertiary/aromatic N) is 2. The molecule has 0 radical (unpaired) electrons. The van der Waals surface area contributed by atoms with Crippen LogP contribution in [-0.4, -0.2) is 27.7 Å². The molecule has 0 unspecified atom stereocenters. The number of hydrogen-bond acceptors (Lipinski definition) is 3. The van der Waals surface area contributed by atoms with Crippen molar-refractivity contribution in [3.63, 3.8) is 0 Å². The Labute approximate surface area is 117 Å². The van der Waals surface area contributed by atoms with E-state index in [2.05, 4.69) is 4.98 Å². The van der Waals surface area contributed by atoms with Gasteiger partial charge in [-0.1, -0.05) is 6.07 Å². The van der Waals surface area contributed by atoms with Gasteiger partial charge in [0.15, 0.2) is 0 Å². The number of rotatable bonds is 4. The van der Waals surface area contributed by atoms with Gasteiger partial charge in [0.1, 0.15) is 0 Å². The van der Waals surface area contributed by atoms with Gasteiger partial charge < -0.3 is 14.4 Å². The van der Waals surface area contributed by atoms with Gasteiger partial charge >= 0.3 is 12.1 Å². The SMILES string of the molecule is COc1ncccc1Cn1cc(C(=O)O)c(C(F)(F)F)c1. The van der Waals surface area contributed by atoms with Crippen molar-refractivity contribution < 1.29 is 27.8 Å². The highest BCUT2D eigenvalue weighted by atomic mass is 19.4. The summed E-state index contributed by atoms with van der Waals surface area (Å²) in [5.41, 5.74) is -1.43. The molecule has 0 atom stereocenters. The van der Waals surface area contributed by atoms with Gasteiger partial charge in [-0.3, -0.25) is 0 Å². The Morgan fingerprint density at radius 2 is 2.14 bits per heavy atom. The van der Waals surface area contributed by atoms with Gasteiger partial charge in [0.25, 0.3) is 0 Å². The first-order valence-corrected chi connectivity index (χ1v) is 5.81. The second-order valence-electron chi connectivity index (χ2n) is 4.23. The molecular formula is C13H11F3N2O3. The van der Waals surface area contributed by atoms with Crippen LogP contribution in [-0.2, 0) is 12.7 Å². The first-order chi connectivity index (χ1) is 9.82. The van der Waals surface area contributed by atoms with Crippen LogP contribution in [0.3, 0.4) is 0 Å². The number of aromatic nitrogens is 2. The molecule has 0 aliphatic rings. The summed E-state index contributed by atoms with van der Waals surface area (Å²) >= 11 is 0. The Bertz CT molecular complexity index is 665. The van der Waals surface area contributed by atoms with Crippen molar-refractivity contribution in [2.75, 3.05) is 7.11 Å². The van der Waals surface area contributed by atoms with E-state index in [1.54, 1.807) is 12.1 Å². The predicted molar refractivity (Wildman–Crippen MR) is 66.3 cm³/mol. The summed E-state index contributed by atoms with van der Waals surface area (Å²) < 4.78 is 44.5. The molecule has 2 aromatic heterocycles. The Kier molecular flexibility index (Phi) is 3.88. The maximum absolute atomic E-state index is 12.8. The van der Waals surface area contributed by atoms with Crippen LogP contribution in [0.1, 0.15) is 21.5 Å². The van der Waals surface area contributed by atoms with Crippen LogP contribution in [0.15, 0.2) is 30.7 Å². The van der Waals surface area contributed by atoms with Gasteiger partial charge in [-0.25, -0.2) is 9.78 Å². The maximum atomic E-state index is 12.8. The van der Waals surface area contributed by atoms with E-state index in [9.17, 15) is 18.0 Å². The number of alkyl halides is 3. The Morgan fingerprint density at radius 1 is 1.43 bits per heavy atom. The Hall–Kier alpha value is -2.51. The highest BCUT2D eigenvalue weighted by Gasteiger charge is 2.37. The number of hydrogen-bond donors (Lipinski definition) is 1. The van der Waals surface area contributed by atoms with Crippen LogP contribution >= 0.6 is 0 Å². The molecule has 0 spiro atoms. The molecule has 2 rings (SSSR count). The molecule has 0 fully saturated rings. The van der Waals surface area contributed by atoms with E-state index in [4.69, 9.17) is 9.84 Å². The third-order valence-corrected chi connectivity index (χ3v) is 2.81. The molecule has 0 saturated heterocycles. The van der Waals surface area contributed by atoms with Gasteiger partial charge in [-0.2, -0.15) is 13.2 Å². The number of aromatic carboxylic acids is 1. The summed E-state index contributed by atoms with van der Waals surface area (Å²) in [5, 5.41) is 8.86. The monoisotopic (exact) mass is 300 g/mol. The van der Waals surface area contributed by atoms with Crippen molar-refractivity contribution in [1.29, 1.82) is 0 Å². The van der Waals surface area contributed by atoms with Crippen molar-refractivity contribution in [3.8, 4) is 5.88 Å². The number of methoxy groups -OCH3 is 1. The summed E-state index contributed by atoms with van der Waals surface area (Å²) in [6, 6.07) is 3.25. The van der Waals surface area contributed by atoms with Crippen LogP contribution in [0.5, 0.6) is 5.88 Å². The minimum atomic E-state index is -4.72. The first-order valence-electron chi connectivity index (χ1n) is 5.81. The van der Waals surface area contributed by atoms with E-state index in [0.717, 1.165) is 17.0 Å². The van der Waals surface area contributed by atoms with Crippen LogP contribution < -0.4 is 4.74 Å². The minimum Gasteiger partial charge on any atom is -0.481 e. The minimum absolute atomic E-state index is 0.0212. The molecule has 2 aromatic rings. The van der Waals surface area contributed by atoms with E-state index in [0.29, 0.717) is 5.56 Å². The molecule has 0 amide bonds. The van der Waals surface area contributed by atoms with E-state index in [1.807, 2.05) is 0 Å². The third-order valence-electron chi connectivity index (χ3n) is 2.81. The Balaban J connectivity index is 2.40. The van der Waals surface area contributed by atoms with Crippen molar-refractivity contribution >= 4 is 5.97 Å². The number of carboxylic acids is 1. The van der Waals surface area contributed by atoms with E-state index in [-0.39, 0.29) is 12.4 Å². The fraction of sp³-hybridized carbons (Fsp3) is 0.231. The molecule has 1 N–H and O–H groups in total. The van der Waals surface area contributed by atoms with Crippen molar-refractivity contribution in [2.45, 2.75) is 12.7 Å². The molecule has 2 heterocycles. The summed E-state index contributed by atoms with van der Waals surface area (Å²) in [7, 11) is 1.39. The number of carbonyl (C=O) groups is 1. The molecule has 0 bridgehead atoms. The lowest BCUT2D eigenvalue weighted by molar-refractivity contribution is -0.138. The maximum Gasteiger partial charge on any atom is 0.418 e. The quantitative estimate of drug-likeness (QED) is 0.943. The largest absolute Gasteiger partial charge is 0.481 e. The van der Waals surface area contributed by atoms with Crippen molar-refractivity contribution in [3.05, 3.63) is 47.4 Å². The lowest BCUT2D eigenvalue weighted by Crippen LogP contribution is -2.09. The van der Waals surface area contributed by atoms with Crippen LogP contribution in [0, 0.1) is 0 Å². The first kappa shape index (κ1) is 14.9. The fourth-order valence-corrected chi connectivity index (χ4v) is 1.92. The molecule has 5 nitrogen and oxygen atoms in total. The van der Waals surface area contributed by atoms with Crippen molar-refractivity contribution in [2.24, 2.45) is 0 Å². The van der Waals surface area contributed by atoms with E-state index < -0.39 is 23.3 Å². The zero-order valence-corrected chi connectivity index (χ0v) is 10.9. The molecule has 0 saturated carbocycles. The topological polar surface area (TPSA) is 64.4 Å². The Morgan fingerprint density at radius 3 is 2.67 bits per heavy atom. The zero-order chi connectivity index (χ0) is 15.6. The average Bonchev–Trinajstić information content (AvgIpc) is 2.83. The molecule has 112 valence electrons. The van der Waals surface area contributed by atoms with Crippen LogP contribution in [0.4, 0.5) is 13.2 Å². The fourth-order valence-electron chi connectivity index (χ4n) is 1.92. The molecule has 21 heavy (non-hydrogen) atoms. The van der Waals surface area contributed by atoms with Crippen LogP contribution in [0.25, 0.3) is 0 Å². The molecule has 0 aliphatic heterocycles. The number of pyridine rings is 1. The lowest BCUT2D eigenvalue weighted by atomic mass is 10.2. The zero-order valence-electron chi connectivity index (χ0n) is 10.9. The number of carboxylic acid groups (broad SMARTS) is 1. The molecule has 8 heteroatoms. The normalized spacial score (nSPS) is 11.4. The third kappa shape index (κ3) is 3.15. The van der Waals surface area contributed by atoms with Gasteiger partial charge in [0.05, 0.1) is 24.8 Å². The second-order valence-corrected chi connectivity index (χ2v) is 4.23. The number of halogens is 3. The summed E-state index contributed by atoms with van der Waals surface area (Å²) in [6.45, 7) is 0.0212. The highest BCUT2D eigenvalue weighted by molar-refractivity contribution is 5.89. The second kappa shape index (κ2) is 5.47. The number of ether oxygens (including phenoxy) is 1. The highest BCUT2D eigenvalue weighted by Crippen LogP contribution is 2.33. The predicted octanol–water partition coefficient (Wildman–Crippen LogP) is 2.66. The summed E-state index contributed by atoms with van der Waals surface area (Å²) in [5.74, 6) is -1.35. The smallest absolute Gasteiger partial charge is 0.418 e. The molecule has 0 aromatic carbocycles. The lowest BCUT2D eigenvalue weighted by Gasteiger charge is -2.07. The summed E-state index contributed by atoms with van der Waals surface area (Å²) in [6.07, 6.45) is -1.53. The summed E-state index contributed by atoms with van der Waals surface area (Å²) in [4.78, 5) is 14.8. The van der Waals surface area contributed by atoms with Gasteiger partial charge in [0.2, 0.25) is 5.88 Å². The van der Waals surface area contributed by atoms with Crippen LogP contribution in [0.2, 0.25) is 0 Å². The van der Waals surface area contributed by atoms with Crippen molar-refractivity contribution in [1.82, 2.24) is 9.55 Å². The van der Waals surface area contributed by atoms with E-state index >= 15 is 0 Å². The van der Waals surface area contributed by atoms with Gasteiger partial charge in [-0.15, -0.1) is 0 Å². The average molecular weight is 300 g/mol. The molecular weight excluding hydrogens is 289 g/mol. The van der Waals surface area contributed by atoms with Gasteiger partial charge in [-0.05, 0) is 6.07 Å². The van der Waals surface area contributed by atoms with Gasteiger partial charge in [0, 0.05) is 24.2 Å². The molecule has 0 aliphatic carbocycles.